The lowest BCUT2D eigenvalue weighted by Crippen LogP contribution is -2.33. The van der Waals surface area contributed by atoms with Crippen molar-refractivity contribution in [2.75, 3.05) is 0 Å². The molecule has 1 fully saturated rings. The Morgan fingerprint density at radius 2 is 1.73 bits per heavy atom. The Labute approximate surface area is 91.7 Å². The molecule has 1 rings (SSSR count). The van der Waals surface area contributed by atoms with E-state index in [9.17, 15) is 4.79 Å². The summed E-state index contributed by atoms with van der Waals surface area (Å²) in [6, 6.07) is 0. The Bertz CT molecular complexity index is 247. The first-order valence-corrected chi connectivity index (χ1v) is 5.72. The zero-order valence-corrected chi connectivity index (χ0v) is 9.93. The third kappa shape index (κ3) is 4.02. The molecule has 0 spiro atoms. The molecule has 0 aromatic rings. The van der Waals surface area contributed by atoms with Crippen molar-refractivity contribution in [3.8, 4) is 0 Å². The van der Waals surface area contributed by atoms with Crippen molar-refractivity contribution in [3.05, 3.63) is 0 Å². The van der Waals surface area contributed by atoms with Crippen LogP contribution in [0.2, 0.25) is 0 Å². The third-order valence-electron chi connectivity index (χ3n) is 2.63. The van der Waals surface area contributed by atoms with Crippen LogP contribution in [0.1, 0.15) is 52.9 Å². The van der Waals surface area contributed by atoms with Gasteiger partial charge in [0.05, 0.1) is 0 Å². The van der Waals surface area contributed by atoms with Crippen LogP contribution >= 0.6 is 0 Å². The first-order valence-electron chi connectivity index (χ1n) is 5.72. The highest BCUT2D eigenvalue weighted by Gasteiger charge is 2.27. The van der Waals surface area contributed by atoms with Crippen molar-refractivity contribution in [2.24, 2.45) is 5.92 Å². The number of hydrogen-bond acceptors (Lipinski definition) is 3. The Hall–Kier alpha value is -0.860. The fourth-order valence-corrected chi connectivity index (χ4v) is 1.89. The van der Waals surface area contributed by atoms with Crippen molar-refractivity contribution in [3.63, 3.8) is 0 Å². The van der Waals surface area contributed by atoms with Gasteiger partial charge in [-0.05, 0) is 33.6 Å². The summed E-state index contributed by atoms with van der Waals surface area (Å²) in [5, 5.41) is 7.79. The number of nitrogens with one attached hydrogen (secondary N) is 1. The maximum absolute atomic E-state index is 11.6. The predicted octanol–water partition coefficient (Wildman–Crippen LogP) is 2.93. The van der Waals surface area contributed by atoms with Crippen LogP contribution in [0.4, 0.5) is 0 Å². The lowest BCUT2D eigenvalue weighted by molar-refractivity contribution is -0.146. The van der Waals surface area contributed by atoms with E-state index in [2.05, 4.69) is 0 Å². The maximum atomic E-state index is 11.6. The lowest BCUT2D eigenvalue weighted by Gasteiger charge is -2.24. The SMILES string of the molecule is CC(C)(C)OC(=O)C(=N)C1CCCCC1. The van der Waals surface area contributed by atoms with Gasteiger partial charge in [0.15, 0.2) is 0 Å². The van der Waals surface area contributed by atoms with Crippen molar-refractivity contribution < 1.29 is 9.53 Å². The summed E-state index contributed by atoms with van der Waals surface area (Å²) in [5.41, 5.74) is -0.317. The van der Waals surface area contributed by atoms with Crippen molar-refractivity contribution in [1.29, 1.82) is 5.41 Å². The summed E-state index contributed by atoms with van der Waals surface area (Å²) >= 11 is 0. The summed E-state index contributed by atoms with van der Waals surface area (Å²) < 4.78 is 5.19. The van der Waals surface area contributed by atoms with E-state index in [0.29, 0.717) is 0 Å². The van der Waals surface area contributed by atoms with E-state index in [1.54, 1.807) is 0 Å². The molecule has 0 aromatic carbocycles. The Morgan fingerprint density at radius 1 is 1.20 bits per heavy atom. The van der Waals surface area contributed by atoms with E-state index < -0.39 is 11.6 Å². The molecule has 3 nitrogen and oxygen atoms in total. The van der Waals surface area contributed by atoms with Gasteiger partial charge in [0.25, 0.3) is 0 Å². The van der Waals surface area contributed by atoms with E-state index in [-0.39, 0.29) is 11.6 Å². The zero-order valence-electron chi connectivity index (χ0n) is 9.93. The summed E-state index contributed by atoms with van der Waals surface area (Å²) in [6.45, 7) is 5.50. The molecule has 15 heavy (non-hydrogen) atoms. The smallest absolute Gasteiger partial charge is 0.352 e. The minimum Gasteiger partial charge on any atom is -0.455 e. The molecule has 0 amide bonds. The van der Waals surface area contributed by atoms with Crippen LogP contribution in [-0.2, 0) is 9.53 Å². The van der Waals surface area contributed by atoms with Gasteiger partial charge in [0, 0.05) is 5.92 Å². The normalized spacial score (nSPS) is 18.6. The topological polar surface area (TPSA) is 50.2 Å². The molecule has 1 N–H and O–H groups in total. The van der Waals surface area contributed by atoms with Gasteiger partial charge in [-0.25, -0.2) is 4.79 Å². The van der Waals surface area contributed by atoms with Crippen molar-refractivity contribution in [1.82, 2.24) is 0 Å². The van der Waals surface area contributed by atoms with Crippen LogP contribution in [0.15, 0.2) is 0 Å². The number of carbonyl (C=O) groups excluding carboxylic acids is 1. The van der Waals surface area contributed by atoms with Gasteiger partial charge in [-0.1, -0.05) is 19.3 Å². The van der Waals surface area contributed by atoms with E-state index in [1.165, 1.54) is 6.42 Å². The van der Waals surface area contributed by atoms with E-state index in [0.717, 1.165) is 25.7 Å². The summed E-state index contributed by atoms with van der Waals surface area (Å²) in [6.07, 6.45) is 5.44. The highest BCUT2D eigenvalue weighted by molar-refractivity contribution is 6.36. The average Bonchev–Trinajstić information content (AvgIpc) is 2.15. The van der Waals surface area contributed by atoms with Gasteiger partial charge in [-0.2, -0.15) is 0 Å². The second kappa shape index (κ2) is 4.77. The second-order valence-corrected chi connectivity index (χ2v) is 5.25. The Balaban J connectivity index is 2.48. The van der Waals surface area contributed by atoms with Gasteiger partial charge < -0.3 is 4.74 Å². The minimum atomic E-state index is -0.488. The average molecular weight is 211 g/mol. The molecule has 0 atom stereocenters. The standard InChI is InChI=1S/C12H21NO2/c1-12(2,3)15-11(14)10(13)9-7-5-4-6-8-9/h9,13H,4-8H2,1-3H3. The van der Waals surface area contributed by atoms with Crippen molar-refractivity contribution >= 4 is 11.7 Å². The fourth-order valence-electron chi connectivity index (χ4n) is 1.89. The van der Waals surface area contributed by atoms with Crippen LogP contribution in [0.5, 0.6) is 0 Å². The summed E-state index contributed by atoms with van der Waals surface area (Å²) in [7, 11) is 0. The predicted molar refractivity (Wildman–Crippen MR) is 60.1 cm³/mol. The van der Waals surface area contributed by atoms with Gasteiger partial charge >= 0.3 is 5.97 Å². The zero-order chi connectivity index (χ0) is 11.5. The maximum Gasteiger partial charge on any atom is 0.352 e. The summed E-state index contributed by atoms with van der Waals surface area (Å²) in [4.78, 5) is 11.6. The van der Waals surface area contributed by atoms with Crippen molar-refractivity contribution in [2.45, 2.75) is 58.5 Å². The number of hydrogen-bond donors (Lipinski definition) is 1. The molecule has 1 aliphatic rings. The molecule has 0 aromatic heterocycles. The molecule has 86 valence electrons. The van der Waals surface area contributed by atoms with Crippen LogP contribution < -0.4 is 0 Å². The van der Waals surface area contributed by atoms with E-state index >= 15 is 0 Å². The van der Waals surface area contributed by atoms with Crippen LogP contribution in [0, 0.1) is 11.3 Å². The molecule has 0 bridgehead atoms. The third-order valence-corrected chi connectivity index (χ3v) is 2.63. The van der Waals surface area contributed by atoms with Gasteiger partial charge in [0.2, 0.25) is 0 Å². The van der Waals surface area contributed by atoms with Gasteiger partial charge in [0.1, 0.15) is 11.3 Å². The highest BCUT2D eigenvalue weighted by Crippen LogP contribution is 2.25. The molecule has 0 radical (unpaired) electrons. The quantitative estimate of drug-likeness (QED) is 0.564. The monoisotopic (exact) mass is 211 g/mol. The van der Waals surface area contributed by atoms with E-state index in [1.807, 2.05) is 20.8 Å². The highest BCUT2D eigenvalue weighted by atomic mass is 16.6. The minimum absolute atomic E-state index is 0.133. The van der Waals surface area contributed by atoms with Gasteiger partial charge in [-0.3, -0.25) is 5.41 Å². The lowest BCUT2D eigenvalue weighted by atomic mass is 9.86. The summed E-state index contributed by atoms with van der Waals surface area (Å²) in [5.74, 6) is -0.303. The molecule has 0 aliphatic heterocycles. The molecular weight excluding hydrogens is 190 g/mol. The second-order valence-electron chi connectivity index (χ2n) is 5.25. The van der Waals surface area contributed by atoms with Gasteiger partial charge in [-0.15, -0.1) is 0 Å². The number of carbonyl (C=O) groups is 1. The number of ether oxygens (including phenoxy) is 1. The first-order chi connectivity index (χ1) is 6.90. The Morgan fingerprint density at radius 3 is 2.20 bits per heavy atom. The Kier molecular flexibility index (Phi) is 3.89. The molecule has 0 unspecified atom stereocenters. The molecular formula is C12H21NO2. The number of esters is 1. The van der Waals surface area contributed by atoms with Crippen LogP contribution in [0.25, 0.3) is 0 Å². The molecule has 1 saturated carbocycles. The molecule has 0 saturated heterocycles. The van der Waals surface area contributed by atoms with Crippen LogP contribution in [-0.4, -0.2) is 17.3 Å². The number of rotatable bonds is 2. The van der Waals surface area contributed by atoms with E-state index in [4.69, 9.17) is 10.1 Å². The largest absolute Gasteiger partial charge is 0.455 e. The fraction of sp³-hybridized carbons (Fsp3) is 0.833. The molecule has 3 heteroatoms. The molecule has 1 aliphatic carbocycles. The molecule has 0 heterocycles. The van der Waals surface area contributed by atoms with Crippen LogP contribution in [0.3, 0.4) is 0 Å². The first kappa shape index (κ1) is 12.2.